The van der Waals surface area contributed by atoms with Crippen LogP contribution in [0, 0.1) is 0 Å². The Morgan fingerprint density at radius 1 is 0.545 bits per heavy atom. The molecule has 0 radical (unpaired) electrons. The summed E-state index contributed by atoms with van der Waals surface area (Å²) in [6, 6.07) is 26.9. The number of hydrogen-bond acceptors (Lipinski definition) is 6. The average Bonchev–Trinajstić information content (AvgIpc) is 2.85. The van der Waals surface area contributed by atoms with Gasteiger partial charge in [-0.3, -0.25) is 4.79 Å². The predicted octanol–water partition coefficient (Wildman–Crippen LogP) is 5.06. The van der Waals surface area contributed by atoms with Crippen molar-refractivity contribution in [1.82, 2.24) is 0 Å². The quantitative estimate of drug-likeness (QED) is 0.257. The Morgan fingerprint density at radius 2 is 0.909 bits per heavy atom. The number of phenolic OH excluding ortho intramolecular Hbond substituents is 1. The minimum atomic E-state index is -0.733. The maximum absolute atomic E-state index is 13.4. The van der Waals surface area contributed by atoms with Crippen LogP contribution in [0.5, 0.6) is 17.2 Å². The molecule has 1 N–H and O–H groups in total. The van der Waals surface area contributed by atoms with Crippen LogP contribution in [0.1, 0.15) is 36.6 Å². The number of esters is 2. The van der Waals surface area contributed by atoms with Crippen molar-refractivity contribution in [2.75, 3.05) is 0 Å². The molecule has 0 spiro atoms. The van der Waals surface area contributed by atoms with Gasteiger partial charge in [-0.1, -0.05) is 66.7 Å². The molecule has 162 valence electrons. The van der Waals surface area contributed by atoms with Gasteiger partial charge in [0.05, 0.1) is 11.1 Å². The van der Waals surface area contributed by atoms with E-state index in [9.17, 15) is 19.5 Å². The Bertz CT molecular complexity index is 1220. The average molecular weight is 438 g/mol. The van der Waals surface area contributed by atoms with Gasteiger partial charge in [0, 0.05) is 17.7 Å². The minimum absolute atomic E-state index is 0.160. The fourth-order valence-electron chi connectivity index (χ4n) is 3.16. The zero-order valence-corrected chi connectivity index (χ0v) is 17.3. The lowest BCUT2D eigenvalue weighted by Crippen LogP contribution is -2.15. The van der Waals surface area contributed by atoms with E-state index in [4.69, 9.17) is 9.47 Å². The number of hydrogen-bond donors (Lipinski definition) is 1. The van der Waals surface area contributed by atoms with E-state index in [1.54, 1.807) is 91.0 Å². The van der Waals surface area contributed by atoms with Crippen LogP contribution in [-0.2, 0) is 0 Å². The van der Waals surface area contributed by atoms with Crippen molar-refractivity contribution >= 4 is 17.7 Å². The van der Waals surface area contributed by atoms with Gasteiger partial charge in [0.2, 0.25) is 5.78 Å². The zero-order valence-electron chi connectivity index (χ0n) is 17.3. The topological polar surface area (TPSA) is 89.9 Å². The van der Waals surface area contributed by atoms with Gasteiger partial charge < -0.3 is 14.6 Å². The first-order valence-corrected chi connectivity index (χ1v) is 10.0. The maximum Gasteiger partial charge on any atom is 0.343 e. The third-order valence-electron chi connectivity index (χ3n) is 4.74. The Kier molecular flexibility index (Phi) is 6.27. The van der Waals surface area contributed by atoms with E-state index < -0.39 is 17.7 Å². The third kappa shape index (κ3) is 4.97. The molecular formula is C27H18O6. The molecule has 0 aromatic heterocycles. The van der Waals surface area contributed by atoms with Crippen molar-refractivity contribution in [3.8, 4) is 17.2 Å². The Balaban J connectivity index is 1.79. The van der Waals surface area contributed by atoms with Gasteiger partial charge in [-0.2, -0.15) is 0 Å². The number of phenols is 1. The van der Waals surface area contributed by atoms with E-state index in [1.807, 2.05) is 0 Å². The fourth-order valence-corrected chi connectivity index (χ4v) is 3.16. The second kappa shape index (κ2) is 9.62. The van der Waals surface area contributed by atoms with Gasteiger partial charge in [0.15, 0.2) is 0 Å². The summed E-state index contributed by atoms with van der Waals surface area (Å²) in [5.74, 6) is -2.80. The molecule has 0 aliphatic carbocycles. The number of ether oxygens (including phenoxy) is 2. The molecule has 0 atom stereocenters. The molecule has 0 unspecified atom stereocenters. The molecule has 0 aliphatic heterocycles. The highest BCUT2D eigenvalue weighted by molar-refractivity contribution is 6.13. The molecule has 0 amide bonds. The lowest BCUT2D eigenvalue weighted by molar-refractivity contribution is 0.0728. The highest BCUT2D eigenvalue weighted by Crippen LogP contribution is 2.36. The maximum atomic E-state index is 13.4. The molecule has 0 saturated heterocycles. The predicted molar refractivity (Wildman–Crippen MR) is 121 cm³/mol. The molecule has 0 bridgehead atoms. The molecule has 0 heterocycles. The van der Waals surface area contributed by atoms with Crippen LogP contribution in [0.3, 0.4) is 0 Å². The molecule has 4 aromatic carbocycles. The van der Waals surface area contributed by atoms with Crippen molar-refractivity contribution in [1.29, 1.82) is 0 Å². The van der Waals surface area contributed by atoms with Crippen LogP contribution < -0.4 is 9.47 Å². The standard InChI is InChI=1S/C27H18O6/c28-21-16-22(32-26(30)19-12-6-2-7-13-19)24(25(29)18-10-4-1-5-11-18)23(17-21)33-27(31)20-14-8-3-9-15-20/h1-17,28H. The van der Waals surface area contributed by atoms with E-state index in [0.717, 1.165) is 12.1 Å². The lowest BCUT2D eigenvalue weighted by atomic mass is 10.0. The van der Waals surface area contributed by atoms with E-state index >= 15 is 0 Å². The normalized spacial score (nSPS) is 10.3. The number of carbonyl (C=O) groups excluding carboxylic acids is 3. The van der Waals surface area contributed by atoms with Gasteiger partial charge >= 0.3 is 11.9 Å². The smallest absolute Gasteiger partial charge is 0.343 e. The summed E-state index contributed by atoms with van der Waals surface area (Å²) in [6.07, 6.45) is 0. The molecular weight excluding hydrogens is 420 g/mol. The van der Waals surface area contributed by atoms with Crippen molar-refractivity contribution in [3.05, 3.63) is 125 Å². The SMILES string of the molecule is O=C(Oc1cc(O)cc(OC(=O)c2ccccc2)c1C(=O)c1ccccc1)c1ccccc1. The highest BCUT2D eigenvalue weighted by atomic mass is 16.5. The molecule has 0 saturated carbocycles. The van der Waals surface area contributed by atoms with Gasteiger partial charge in [-0.05, 0) is 24.3 Å². The number of ketones is 1. The molecule has 33 heavy (non-hydrogen) atoms. The second-order valence-corrected chi connectivity index (χ2v) is 7.02. The summed E-state index contributed by atoms with van der Waals surface area (Å²) in [5, 5.41) is 10.2. The summed E-state index contributed by atoms with van der Waals surface area (Å²) in [4.78, 5) is 38.7. The number of rotatable bonds is 6. The Morgan fingerprint density at radius 3 is 1.30 bits per heavy atom. The Hall–Kier alpha value is -4.71. The van der Waals surface area contributed by atoms with Crippen molar-refractivity contribution < 1.29 is 29.0 Å². The number of carbonyl (C=O) groups is 3. The summed E-state index contributed by atoms with van der Waals surface area (Å²) in [6.45, 7) is 0. The first kappa shape index (κ1) is 21.5. The van der Waals surface area contributed by atoms with E-state index in [1.165, 1.54) is 0 Å². The molecule has 6 heteroatoms. The van der Waals surface area contributed by atoms with Crippen LogP contribution in [0.4, 0.5) is 0 Å². The molecule has 6 nitrogen and oxygen atoms in total. The molecule has 4 aromatic rings. The lowest BCUT2D eigenvalue weighted by Gasteiger charge is -2.15. The Labute approximate surface area is 189 Å². The molecule has 4 rings (SSSR count). The largest absolute Gasteiger partial charge is 0.508 e. The van der Waals surface area contributed by atoms with Crippen LogP contribution in [0.25, 0.3) is 0 Å². The van der Waals surface area contributed by atoms with E-state index in [2.05, 4.69) is 0 Å². The van der Waals surface area contributed by atoms with Gasteiger partial charge in [-0.25, -0.2) is 9.59 Å². The summed E-state index contributed by atoms with van der Waals surface area (Å²) in [7, 11) is 0. The van der Waals surface area contributed by atoms with Crippen LogP contribution in [0.15, 0.2) is 103 Å². The summed E-state index contributed by atoms with van der Waals surface area (Å²) in [5.41, 5.74) is 0.633. The van der Waals surface area contributed by atoms with Crippen molar-refractivity contribution in [2.45, 2.75) is 0 Å². The van der Waals surface area contributed by atoms with Crippen LogP contribution >= 0.6 is 0 Å². The second-order valence-electron chi connectivity index (χ2n) is 7.02. The zero-order chi connectivity index (χ0) is 23.2. The van der Waals surface area contributed by atoms with Crippen LogP contribution in [0.2, 0.25) is 0 Å². The van der Waals surface area contributed by atoms with Gasteiger partial charge in [0.25, 0.3) is 0 Å². The van der Waals surface area contributed by atoms with E-state index in [-0.39, 0.29) is 39.5 Å². The summed E-state index contributed by atoms with van der Waals surface area (Å²) < 4.78 is 10.9. The first-order chi connectivity index (χ1) is 16.0. The van der Waals surface area contributed by atoms with E-state index in [0.29, 0.717) is 0 Å². The third-order valence-corrected chi connectivity index (χ3v) is 4.74. The van der Waals surface area contributed by atoms with Crippen molar-refractivity contribution in [2.24, 2.45) is 0 Å². The number of aromatic hydroxyl groups is 1. The molecule has 0 fully saturated rings. The number of benzene rings is 4. The molecule has 0 aliphatic rings. The highest BCUT2D eigenvalue weighted by Gasteiger charge is 2.26. The van der Waals surface area contributed by atoms with Gasteiger partial charge in [-0.15, -0.1) is 0 Å². The monoisotopic (exact) mass is 438 g/mol. The summed E-state index contributed by atoms with van der Waals surface area (Å²) >= 11 is 0. The first-order valence-electron chi connectivity index (χ1n) is 10.0. The van der Waals surface area contributed by atoms with Crippen LogP contribution in [-0.4, -0.2) is 22.8 Å². The van der Waals surface area contributed by atoms with Crippen molar-refractivity contribution in [3.63, 3.8) is 0 Å². The van der Waals surface area contributed by atoms with Gasteiger partial charge in [0.1, 0.15) is 22.8 Å². The minimum Gasteiger partial charge on any atom is -0.508 e. The fraction of sp³-hybridized carbons (Fsp3) is 0.